The first-order valence-electron chi connectivity index (χ1n) is 8.14. The third-order valence-electron chi connectivity index (χ3n) is 4.95. The van der Waals surface area contributed by atoms with Crippen LogP contribution in [-0.4, -0.2) is 4.57 Å². The molecule has 0 aliphatic heterocycles. The normalized spacial score (nSPS) is 11.0. The first-order chi connectivity index (χ1) is 10.9. The highest BCUT2D eigenvalue weighted by Crippen LogP contribution is 2.30. The Labute approximate surface area is 139 Å². The Morgan fingerprint density at radius 2 is 1.30 bits per heavy atom. The molecular formula is C21H25N2+. The number of para-hydroxylation sites is 1. The zero-order chi connectivity index (χ0) is 16.7. The summed E-state index contributed by atoms with van der Waals surface area (Å²) in [5.41, 5.74) is 9.09. The van der Waals surface area contributed by atoms with Gasteiger partial charge in [0.2, 0.25) is 0 Å². The molecule has 0 saturated heterocycles. The molecule has 0 unspecified atom stereocenters. The quantitative estimate of drug-likeness (QED) is 0.616. The zero-order valence-corrected chi connectivity index (χ0v) is 14.9. The van der Waals surface area contributed by atoms with Crippen molar-refractivity contribution in [3.8, 4) is 17.1 Å². The number of nitrogens with zero attached hydrogens (tertiary/aromatic N) is 2. The van der Waals surface area contributed by atoms with Gasteiger partial charge in [-0.1, -0.05) is 36.4 Å². The van der Waals surface area contributed by atoms with Crippen LogP contribution in [0.5, 0.6) is 0 Å². The SMILES string of the molecule is Cc1ccccc1-n1c(C)c(C)[n+](C)c1-c1c(C)cccc1C. The van der Waals surface area contributed by atoms with Gasteiger partial charge in [-0.3, -0.25) is 0 Å². The summed E-state index contributed by atoms with van der Waals surface area (Å²) in [7, 11) is 2.16. The summed E-state index contributed by atoms with van der Waals surface area (Å²) in [5.74, 6) is 1.25. The Balaban J connectivity index is 2.44. The van der Waals surface area contributed by atoms with Crippen LogP contribution in [0.1, 0.15) is 28.1 Å². The Morgan fingerprint density at radius 3 is 1.91 bits per heavy atom. The molecule has 0 saturated carbocycles. The van der Waals surface area contributed by atoms with E-state index in [0.717, 1.165) is 0 Å². The minimum Gasteiger partial charge on any atom is -0.229 e. The topological polar surface area (TPSA) is 8.81 Å². The number of imidazole rings is 1. The molecule has 0 bridgehead atoms. The summed E-state index contributed by atoms with van der Waals surface area (Å²) in [6.45, 7) is 11.0. The number of aryl methyl sites for hydroxylation is 3. The van der Waals surface area contributed by atoms with E-state index in [1.165, 1.54) is 45.2 Å². The molecule has 0 N–H and O–H groups in total. The highest BCUT2D eigenvalue weighted by Gasteiger charge is 2.29. The Kier molecular flexibility index (Phi) is 3.85. The molecule has 0 radical (unpaired) electrons. The van der Waals surface area contributed by atoms with Crippen LogP contribution in [0.4, 0.5) is 0 Å². The first kappa shape index (κ1) is 15.5. The maximum atomic E-state index is 2.40. The van der Waals surface area contributed by atoms with Gasteiger partial charge in [0.15, 0.2) is 0 Å². The van der Waals surface area contributed by atoms with Crippen molar-refractivity contribution in [3.05, 3.63) is 70.5 Å². The van der Waals surface area contributed by atoms with Crippen molar-refractivity contribution in [3.63, 3.8) is 0 Å². The van der Waals surface area contributed by atoms with Gasteiger partial charge in [-0.05, 0) is 43.5 Å². The van der Waals surface area contributed by atoms with E-state index in [0.29, 0.717) is 0 Å². The van der Waals surface area contributed by atoms with Gasteiger partial charge in [0.25, 0.3) is 5.82 Å². The predicted molar refractivity (Wildman–Crippen MR) is 96.1 cm³/mol. The van der Waals surface area contributed by atoms with Gasteiger partial charge in [0.1, 0.15) is 17.1 Å². The molecule has 0 amide bonds. The van der Waals surface area contributed by atoms with E-state index in [4.69, 9.17) is 0 Å². The van der Waals surface area contributed by atoms with Gasteiger partial charge in [0.05, 0.1) is 12.6 Å². The van der Waals surface area contributed by atoms with Crippen LogP contribution in [0.3, 0.4) is 0 Å². The van der Waals surface area contributed by atoms with Crippen molar-refractivity contribution in [2.75, 3.05) is 0 Å². The number of rotatable bonds is 2. The number of hydrogen-bond acceptors (Lipinski definition) is 0. The van der Waals surface area contributed by atoms with Gasteiger partial charge in [0, 0.05) is 13.8 Å². The lowest BCUT2D eigenvalue weighted by atomic mass is 10.0. The smallest absolute Gasteiger partial charge is 0.229 e. The van der Waals surface area contributed by atoms with Crippen LogP contribution in [0.15, 0.2) is 42.5 Å². The average molecular weight is 305 g/mol. The van der Waals surface area contributed by atoms with Crippen LogP contribution in [-0.2, 0) is 7.05 Å². The molecule has 0 spiro atoms. The summed E-state index contributed by atoms with van der Waals surface area (Å²) < 4.78 is 4.72. The van der Waals surface area contributed by atoms with Crippen LogP contribution in [0.2, 0.25) is 0 Å². The molecule has 0 aliphatic carbocycles. The molecular weight excluding hydrogens is 280 g/mol. The molecule has 1 heterocycles. The molecule has 118 valence electrons. The highest BCUT2D eigenvalue weighted by atomic mass is 15.2. The summed E-state index contributed by atoms with van der Waals surface area (Å²) in [6.07, 6.45) is 0. The Hall–Kier alpha value is -2.35. The standard InChI is InChI=1S/C21H25N2/c1-14-10-7-8-13-19(14)23-18(5)17(4)22(6)21(23)20-15(2)11-9-12-16(20)3/h7-13H,1-6H3/q+1. The fourth-order valence-corrected chi connectivity index (χ4v) is 3.43. The molecule has 23 heavy (non-hydrogen) atoms. The second-order valence-electron chi connectivity index (χ2n) is 6.44. The average Bonchev–Trinajstić information content (AvgIpc) is 2.73. The number of benzene rings is 2. The lowest BCUT2D eigenvalue weighted by Gasteiger charge is -2.11. The zero-order valence-electron chi connectivity index (χ0n) is 14.9. The monoisotopic (exact) mass is 305 g/mol. The van der Waals surface area contributed by atoms with Crippen molar-refractivity contribution in [2.24, 2.45) is 7.05 Å². The summed E-state index contributed by atoms with van der Waals surface area (Å²) >= 11 is 0. The summed E-state index contributed by atoms with van der Waals surface area (Å²) in [6, 6.07) is 15.1. The number of hydrogen-bond donors (Lipinski definition) is 0. The highest BCUT2D eigenvalue weighted by molar-refractivity contribution is 5.66. The first-order valence-corrected chi connectivity index (χ1v) is 8.14. The van der Waals surface area contributed by atoms with Crippen molar-refractivity contribution >= 4 is 0 Å². The second kappa shape index (κ2) is 5.69. The fraction of sp³-hybridized carbons (Fsp3) is 0.286. The van der Waals surface area contributed by atoms with Gasteiger partial charge >= 0.3 is 0 Å². The molecule has 2 heteroatoms. The second-order valence-corrected chi connectivity index (χ2v) is 6.44. The fourth-order valence-electron chi connectivity index (χ4n) is 3.43. The maximum Gasteiger partial charge on any atom is 0.294 e. The molecule has 3 aromatic rings. The largest absolute Gasteiger partial charge is 0.294 e. The van der Waals surface area contributed by atoms with Crippen molar-refractivity contribution in [1.82, 2.24) is 4.57 Å². The lowest BCUT2D eigenvalue weighted by Crippen LogP contribution is -2.33. The molecule has 2 aromatic carbocycles. The third-order valence-corrected chi connectivity index (χ3v) is 4.95. The number of aromatic nitrogens is 2. The minimum absolute atomic E-state index is 1.25. The van der Waals surface area contributed by atoms with Crippen molar-refractivity contribution in [1.29, 1.82) is 0 Å². The van der Waals surface area contributed by atoms with Crippen LogP contribution >= 0.6 is 0 Å². The van der Waals surface area contributed by atoms with Crippen LogP contribution in [0.25, 0.3) is 17.1 Å². The van der Waals surface area contributed by atoms with E-state index in [2.05, 4.69) is 93.3 Å². The molecule has 0 fully saturated rings. The van der Waals surface area contributed by atoms with E-state index in [1.807, 2.05) is 0 Å². The van der Waals surface area contributed by atoms with E-state index >= 15 is 0 Å². The Bertz CT molecular complexity index is 865. The van der Waals surface area contributed by atoms with E-state index < -0.39 is 0 Å². The van der Waals surface area contributed by atoms with E-state index in [1.54, 1.807) is 0 Å². The van der Waals surface area contributed by atoms with Crippen LogP contribution < -0.4 is 4.57 Å². The molecule has 0 atom stereocenters. The lowest BCUT2D eigenvalue weighted by molar-refractivity contribution is -0.665. The Morgan fingerprint density at radius 1 is 0.739 bits per heavy atom. The van der Waals surface area contributed by atoms with Crippen molar-refractivity contribution < 1.29 is 4.57 Å². The maximum absolute atomic E-state index is 2.40. The minimum atomic E-state index is 1.25. The van der Waals surface area contributed by atoms with E-state index in [9.17, 15) is 0 Å². The molecule has 2 nitrogen and oxygen atoms in total. The summed E-state index contributed by atoms with van der Waals surface area (Å²) in [4.78, 5) is 0. The van der Waals surface area contributed by atoms with Crippen molar-refractivity contribution in [2.45, 2.75) is 34.6 Å². The van der Waals surface area contributed by atoms with Crippen LogP contribution in [0, 0.1) is 34.6 Å². The molecule has 3 rings (SSSR count). The van der Waals surface area contributed by atoms with Gasteiger partial charge in [-0.15, -0.1) is 0 Å². The predicted octanol–water partition coefficient (Wildman–Crippen LogP) is 4.51. The van der Waals surface area contributed by atoms with E-state index in [-0.39, 0.29) is 0 Å². The molecule has 0 aliphatic rings. The third kappa shape index (κ3) is 2.39. The summed E-state index contributed by atoms with van der Waals surface area (Å²) in [5, 5.41) is 0. The van der Waals surface area contributed by atoms with Gasteiger partial charge in [-0.2, -0.15) is 4.57 Å². The molecule has 1 aromatic heterocycles. The van der Waals surface area contributed by atoms with Gasteiger partial charge < -0.3 is 0 Å². The van der Waals surface area contributed by atoms with Gasteiger partial charge in [-0.25, -0.2) is 4.57 Å².